The van der Waals surface area contributed by atoms with Crippen molar-refractivity contribution in [3.63, 3.8) is 0 Å². The highest BCUT2D eigenvalue weighted by Gasteiger charge is 2.28. The van der Waals surface area contributed by atoms with Gasteiger partial charge in [0.25, 0.3) is 0 Å². The zero-order valence-electron chi connectivity index (χ0n) is 15.1. The molecular formula is C18H21F4IN4O. The van der Waals surface area contributed by atoms with E-state index in [1.165, 1.54) is 24.4 Å². The minimum absolute atomic E-state index is 0. The Labute approximate surface area is 177 Å². The maximum atomic E-state index is 12.9. The van der Waals surface area contributed by atoms with Crippen LogP contribution in [0.2, 0.25) is 0 Å². The Morgan fingerprint density at radius 1 is 1.07 bits per heavy atom. The third-order valence-corrected chi connectivity index (χ3v) is 3.32. The van der Waals surface area contributed by atoms with Crippen LogP contribution in [0.15, 0.2) is 47.6 Å². The molecule has 2 N–H and O–H groups in total. The molecule has 154 valence electrons. The lowest BCUT2D eigenvalue weighted by Crippen LogP contribution is -2.36. The zero-order valence-corrected chi connectivity index (χ0v) is 17.4. The Kier molecular flexibility index (Phi) is 9.97. The second-order valence-electron chi connectivity index (χ2n) is 5.58. The lowest BCUT2D eigenvalue weighted by Gasteiger charge is -2.11. The van der Waals surface area contributed by atoms with Crippen LogP contribution in [0.5, 0.6) is 5.88 Å². The topological polar surface area (TPSA) is 58.5 Å². The molecule has 1 aromatic carbocycles. The Bertz CT molecular complexity index is 737. The SMILES string of the molecule is CCNC(=NCc1ccc(OCC(F)(F)F)nc1)NCc1ccc(F)cc1.I. The lowest BCUT2D eigenvalue weighted by atomic mass is 10.2. The zero-order chi connectivity index (χ0) is 19.7. The Hall–Kier alpha value is -2.11. The van der Waals surface area contributed by atoms with Gasteiger partial charge in [0.1, 0.15) is 5.82 Å². The molecule has 0 aliphatic carbocycles. The number of aromatic nitrogens is 1. The molecule has 1 aromatic heterocycles. The van der Waals surface area contributed by atoms with Crippen LogP contribution in [0, 0.1) is 5.82 Å². The molecule has 0 saturated carbocycles. The molecule has 0 aliphatic rings. The summed E-state index contributed by atoms with van der Waals surface area (Å²) < 4.78 is 53.8. The van der Waals surface area contributed by atoms with Crippen molar-refractivity contribution in [1.29, 1.82) is 0 Å². The van der Waals surface area contributed by atoms with Crippen molar-refractivity contribution in [2.75, 3.05) is 13.2 Å². The van der Waals surface area contributed by atoms with Crippen molar-refractivity contribution in [3.8, 4) is 5.88 Å². The van der Waals surface area contributed by atoms with Crippen LogP contribution in [0.25, 0.3) is 0 Å². The van der Waals surface area contributed by atoms with Crippen molar-refractivity contribution < 1.29 is 22.3 Å². The Balaban J connectivity index is 0.00000392. The fourth-order valence-corrected chi connectivity index (χ4v) is 2.05. The second-order valence-corrected chi connectivity index (χ2v) is 5.58. The molecule has 1 heterocycles. The summed E-state index contributed by atoms with van der Waals surface area (Å²) >= 11 is 0. The van der Waals surface area contributed by atoms with Crippen LogP contribution in [-0.4, -0.2) is 30.3 Å². The van der Waals surface area contributed by atoms with Crippen molar-refractivity contribution in [3.05, 3.63) is 59.5 Å². The van der Waals surface area contributed by atoms with E-state index in [-0.39, 0.29) is 42.2 Å². The molecule has 28 heavy (non-hydrogen) atoms. The van der Waals surface area contributed by atoms with Crippen LogP contribution in [0.4, 0.5) is 17.6 Å². The number of nitrogens with one attached hydrogen (secondary N) is 2. The van der Waals surface area contributed by atoms with Crippen molar-refractivity contribution in [2.45, 2.75) is 26.2 Å². The number of nitrogens with zero attached hydrogens (tertiary/aromatic N) is 2. The molecule has 0 aliphatic heterocycles. The van der Waals surface area contributed by atoms with Gasteiger partial charge in [-0.15, -0.1) is 24.0 Å². The average molecular weight is 512 g/mol. The molecule has 2 rings (SSSR count). The quantitative estimate of drug-likeness (QED) is 0.255. The highest BCUT2D eigenvalue weighted by molar-refractivity contribution is 14.0. The van der Waals surface area contributed by atoms with E-state index in [2.05, 4.69) is 25.3 Å². The van der Waals surface area contributed by atoms with Gasteiger partial charge in [0.2, 0.25) is 5.88 Å². The molecular weight excluding hydrogens is 491 g/mol. The van der Waals surface area contributed by atoms with Crippen LogP contribution >= 0.6 is 24.0 Å². The summed E-state index contributed by atoms with van der Waals surface area (Å²) in [6, 6.07) is 9.09. The van der Waals surface area contributed by atoms with E-state index in [0.717, 1.165) is 5.56 Å². The van der Waals surface area contributed by atoms with Gasteiger partial charge in [0, 0.05) is 25.4 Å². The van der Waals surface area contributed by atoms with E-state index in [1.807, 2.05) is 6.92 Å². The van der Waals surface area contributed by atoms with Gasteiger partial charge in [0.05, 0.1) is 6.54 Å². The highest BCUT2D eigenvalue weighted by Crippen LogP contribution is 2.17. The number of rotatable bonds is 7. The smallest absolute Gasteiger partial charge is 0.422 e. The van der Waals surface area contributed by atoms with Gasteiger partial charge in [-0.05, 0) is 30.2 Å². The van der Waals surface area contributed by atoms with Gasteiger partial charge in [-0.3, -0.25) is 0 Å². The third-order valence-electron chi connectivity index (χ3n) is 3.32. The second kappa shape index (κ2) is 11.7. The predicted molar refractivity (Wildman–Crippen MR) is 109 cm³/mol. The monoisotopic (exact) mass is 512 g/mol. The van der Waals surface area contributed by atoms with Crippen molar-refractivity contribution in [1.82, 2.24) is 15.6 Å². The van der Waals surface area contributed by atoms with Crippen LogP contribution < -0.4 is 15.4 Å². The molecule has 0 radical (unpaired) electrons. The van der Waals surface area contributed by atoms with Gasteiger partial charge < -0.3 is 15.4 Å². The standard InChI is InChI=1S/C18H20F4N4O.HI/c1-2-23-17(25-9-13-3-6-15(19)7-4-13)26-11-14-5-8-16(24-10-14)27-12-18(20,21)22;/h3-8,10H,2,9,11-12H2,1H3,(H2,23,25,26);1H. The van der Waals surface area contributed by atoms with E-state index in [4.69, 9.17) is 0 Å². The molecule has 0 saturated heterocycles. The average Bonchev–Trinajstić information content (AvgIpc) is 2.64. The minimum atomic E-state index is -4.40. The number of pyridine rings is 1. The normalized spacial score (nSPS) is 11.5. The first kappa shape index (κ1) is 23.9. The summed E-state index contributed by atoms with van der Waals surface area (Å²) in [6.07, 6.45) is -2.99. The first-order valence-corrected chi connectivity index (χ1v) is 8.27. The van der Waals surface area contributed by atoms with Gasteiger partial charge >= 0.3 is 6.18 Å². The number of halogens is 5. The molecule has 2 aromatic rings. The van der Waals surface area contributed by atoms with Crippen LogP contribution in [0.1, 0.15) is 18.1 Å². The van der Waals surface area contributed by atoms with E-state index in [9.17, 15) is 17.6 Å². The Morgan fingerprint density at radius 3 is 2.32 bits per heavy atom. The summed E-state index contributed by atoms with van der Waals surface area (Å²) in [5.74, 6) is 0.162. The number of guanidine groups is 1. The van der Waals surface area contributed by atoms with Gasteiger partial charge in [-0.25, -0.2) is 14.4 Å². The fourth-order valence-electron chi connectivity index (χ4n) is 2.05. The van der Waals surface area contributed by atoms with Crippen molar-refractivity contribution >= 4 is 29.9 Å². The first-order valence-electron chi connectivity index (χ1n) is 8.27. The molecule has 0 fully saturated rings. The summed E-state index contributed by atoms with van der Waals surface area (Å²) in [5.41, 5.74) is 1.61. The first-order chi connectivity index (χ1) is 12.9. The fraction of sp³-hybridized carbons (Fsp3) is 0.333. The summed E-state index contributed by atoms with van der Waals surface area (Å²) in [6.45, 7) is 1.94. The predicted octanol–water partition coefficient (Wildman–Crippen LogP) is 4.04. The number of aliphatic imine (C=N–C) groups is 1. The van der Waals surface area contributed by atoms with Crippen LogP contribution in [0.3, 0.4) is 0 Å². The van der Waals surface area contributed by atoms with Crippen LogP contribution in [-0.2, 0) is 13.1 Å². The van der Waals surface area contributed by atoms with E-state index >= 15 is 0 Å². The Morgan fingerprint density at radius 2 is 1.75 bits per heavy atom. The largest absolute Gasteiger partial charge is 0.468 e. The molecule has 10 heteroatoms. The van der Waals surface area contributed by atoms with E-state index in [1.54, 1.807) is 18.2 Å². The highest BCUT2D eigenvalue weighted by atomic mass is 127. The number of ether oxygens (including phenoxy) is 1. The number of benzene rings is 1. The van der Waals surface area contributed by atoms with E-state index < -0.39 is 12.8 Å². The van der Waals surface area contributed by atoms with E-state index in [0.29, 0.717) is 24.6 Å². The maximum Gasteiger partial charge on any atom is 0.422 e. The van der Waals surface area contributed by atoms with Crippen molar-refractivity contribution in [2.24, 2.45) is 4.99 Å². The summed E-state index contributed by atoms with van der Waals surface area (Å²) in [7, 11) is 0. The maximum absolute atomic E-state index is 12.9. The molecule has 0 amide bonds. The third kappa shape index (κ3) is 9.20. The number of hydrogen-bond donors (Lipinski definition) is 2. The minimum Gasteiger partial charge on any atom is -0.468 e. The molecule has 5 nitrogen and oxygen atoms in total. The van der Waals surface area contributed by atoms with Gasteiger partial charge in [0.15, 0.2) is 12.6 Å². The molecule has 0 atom stereocenters. The molecule has 0 spiro atoms. The number of alkyl halides is 3. The van der Waals surface area contributed by atoms with Gasteiger partial charge in [-0.1, -0.05) is 18.2 Å². The summed E-state index contributed by atoms with van der Waals surface area (Å²) in [4.78, 5) is 8.23. The lowest BCUT2D eigenvalue weighted by molar-refractivity contribution is -0.154. The molecule has 0 unspecified atom stereocenters. The van der Waals surface area contributed by atoms with Gasteiger partial charge in [-0.2, -0.15) is 13.2 Å². The summed E-state index contributed by atoms with van der Waals surface area (Å²) in [5, 5.41) is 6.20. The number of hydrogen-bond acceptors (Lipinski definition) is 3. The molecule has 0 bridgehead atoms.